The summed E-state index contributed by atoms with van der Waals surface area (Å²) in [6, 6.07) is 9.93. The summed E-state index contributed by atoms with van der Waals surface area (Å²) in [5.41, 5.74) is 8.12. The smallest absolute Gasteiger partial charge is 0.232 e. The Morgan fingerprint density at radius 2 is 2.00 bits per heavy atom. The van der Waals surface area contributed by atoms with Gasteiger partial charge in [-0.1, -0.05) is 37.3 Å². The van der Waals surface area contributed by atoms with Crippen molar-refractivity contribution in [3.05, 3.63) is 54.0 Å². The van der Waals surface area contributed by atoms with E-state index in [1.807, 2.05) is 30.3 Å². The maximum absolute atomic E-state index is 6.17. The fourth-order valence-electron chi connectivity index (χ4n) is 1.80. The van der Waals surface area contributed by atoms with Gasteiger partial charge in [0.05, 0.1) is 18.5 Å². The Morgan fingerprint density at radius 1 is 1.21 bits per heavy atom. The average molecular weight is 257 g/mol. The van der Waals surface area contributed by atoms with Crippen molar-refractivity contribution in [1.82, 2.24) is 9.97 Å². The maximum Gasteiger partial charge on any atom is 0.232 e. The van der Waals surface area contributed by atoms with Crippen LogP contribution in [0.3, 0.4) is 0 Å². The van der Waals surface area contributed by atoms with Crippen LogP contribution >= 0.6 is 0 Å². The molecule has 1 unspecified atom stereocenters. The second kappa shape index (κ2) is 6.85. The monoisotopic (exact) mass is 257 g/mol. The molecule has 1 aromatic carbocycles. The van der Waals surface area contributed by atoms with Gasteiger partial charge in [-0.25, -0.2) is 4.98 Å². The van der Waals surface area contributed by atoms with E-state index in [9.17, 15) is 0 Å². The Hall–Kier alpha value is -1.94. The minimum atomic E-state index is -0.0723. The molecule has 0 aliphatic heterocycles. The van der Waals surface area contributed by atoms with E-state index in [0.717, 1.165) is 17.7 Å². The summed E-state index contributed by atoms with van der Waals surface area (Å²) in [7, 11) is 0. The predicted octanol–water partition coefficient (Wildman–Crippen LogP) is 2.51. The largest absolute Gasteiger partial charge is 0.477 e. The fourth-order valence-corrected chi connectivity index (χ4v) is 1.80. The number of hydrogen-bond acceptors (Lipinski definition) is 4. The molecule has 0 bridgehead atoms. The van der Waals surface area contributed by atoms with Crippen molar-refractivity contribution in [2.24, 2.45) is 5.73 Å². The summed E-state index contributed by atoms with van der Waals surface area (Å²) in [5.74, 6) is 0.569. The zero-order valence-corrected chi connectivity index (χ0v) is 11.1. The van der Waals surface area contributed by atoms with E-state index in [1.54, 1.807) is 12.4 Å². The summed E-state index contributed by atoms with van der Waals surface area (Å²) >= 11 is 0. The number of aromatic nitrogens is 2. The Kier molecular flexibility index (Phi) is 4.86. The maximum atomic E-state index is 6.17. The van der Waals surface area contributed by atoms with Crippen LogP contribution in [0.1, 0.15) is 30.6 Å². The molecule has 2 aromatic rings. The second-order valence-electron chi connectivity index (χ2n) is 4.42. The van der Waals surface area contributed by atoms with Crippen molar-refractivity contribution in [3.63, 3.8) is 0 Å². The van der Waals surface area contributed by atoms with Crippen molar-refractivity contribution < 1.29 is 4.74 Å². The molecular weight excluding hydrogens is 238 g/mol. The third-order valence-corrected chi connectivity index (χ3v) is 2.77. The molecule has 2 N–H and O–H groups in total. The van der Waals surface area contributed by atoms with E-state index >= 15 is 0 Å². The van der Waals surface area contributed by atoms with Crippen LogP contribution < -0.4 is 10.5 Å². The molecule has 1 atom stereocenters. The lowest BCUT2D eigenvalue weighted by molar-refractivity contribution is 0.302. The van der Waals surface area contributed by atoms with Gasteiger partial charge in [-0.2, -0.15) is 0 Å². The molecule has 4 nitrogen and oxygen atoms in total. The lowest BCUT2D eigenvalue weighted by atomic mass is 10.0. The van der Waals surface area contributed by atoms with Crippen LogP contribution in [0.25, 0.3) is 0 Å². The van der Waals surface area contributed by atoms with E-state index in [0.29, 0.717) is 18.9 Å². The van der Waals surface area contributed by atoms with Gasteiger partial charge < -0.3 is 10.5 Å². The van der Waals surface area contributed by atoms with Crippen LogP contribution in [0.4, 0.5) is 0 Å². The minimum absolute atomic E-state index is 0.0723. The van der Waals surface area contributed by atoms with E-state index in [2.05, 4.69) is 16.9 Å². The van der Waals surface area contributed by atoms with Crippen molar-refractivity contribution >= 4 is 0 Å². The van der Waals surface area contributed by atoms with E-state index < -0.39 is 0 Å². The van der Waals surface area contributed by atoms with E-state index in [4.69, 9.17) is 10.5 Å². The van der Waals surface area contributed by atoms with Crippen LogP contribution in [0.2, 0.25) is 0 Å². The van der Waals surface area contributed by atoms with Gasteiger partial charge in [0.2, 0.25) is 5.88 Å². The standard InChI is InChI=1S/C15H19N3O/c1-2-8-19-15-11-17-10-13(18-15)9-14(16)12-6-4-3-5-7-12/h3-7,10-11,14H,2,8-9,16H2,1H3. The summed E-state index contributed by atoms with van der Waals surface area (Å²) in [6.45, 7) is 2.71. The van der Waals surface area contributed by atoms with Gasteiger partial charge in [0.1, 0.15) is 0 Å². The number of hydrogen-bond donors (Lipinski definition) is 1. The highest BCUT2D eigenvalue weighted by Gasteiger charge is 2.08. The molecule has 1 heterocycles. The van der Waals surface area contributed by atoms with Crippen LogP contribution in [0.15, 0.2) is 42.7 Å². The van der Waals surface area contributed by atoms with E-state index in [1.165, 1.54) is 0 Å². The zero-order chi connectivity index (χ0) is 13.5. The van der Waals surface area contributed by atoms with Crippen LogP contribution in [-0.4, -0.2) is 16.6 Å². The molecule has 0 saturated carbocycles. The molecule has 19 heavy (non-hydrogen) atoms. The number of nitrogens with two attached hydrogens (primary N) is 1. The predicted molar refractivity (Wildman–Crippen MR) is 74.9 cm³/mol. The van der Waals surface area contributed by atoms with Crippen molar-refractivity contribution in [3.8, 4) is 5.88 Å². The van der Waals surface area contributed by atoms with Gasteiger partial charge >= 0.3 is 0 Å². The summed E-state index contributed by atoms with van der Waals surface area (Å²) < 4.78 is 5.47. The van der Waals surface area contributed by atoms with Crippen molar-refractivity contribution in [2.75, 3.05) is 6.61 Å². The third kappa shape index (κ3) is 4.03. The first kappa shape index (κ1) is 13.5. The summed E-state index contributed by atoms with van der Waals surface area (Å²) in [4.78, 5) is 8.55. The van der Waals surface area contributed by atoms with Crippen LogP contribution in [0, 0.1) is 0 Å². The highest BCUT2D eigenvalue weighted by atomic mass is 16.5. The Labute approximate surface area is 113 Å². The number of nitrogens with zero attached hydrogens (tertiary/aromatic N) is 2. The highest BCUT2D eigenvalue weighted by molar-refractivity contribution is 5.20. The molecule has 4 heteroatoms. The molecule has 0 amide bonds. The first-order valence-corrected chi connectivity index (χ1v) is 6.54. The highest BCUT2D eigenvalue weighted by Crippen LogP contribution is 2.15. The van der Waals surface area contributed by atoms with E-state index in [-0.39, 0.29) is 6.04 Å². The van der Waals surface area contributed by atoms with Gasteiger partial charge in [-0.15, -0.1) is 0 Å². The van der Waals surface area contributed by atoms with Crippen LogP contribution in [0.5, 0.6) is 5.88 Å². The lowest BCUT2D eigenvalue weighted by Gasteiger charge is -2.12. The number of benzene rings is 1. The first-order valence-electron chi connectivity index (χ1n) is 6.54. The summed E-state index contributed by atoms with van der Waals surface area (Å²) in [5, 5.41) is 0. The topological polar surface area (TPSA) is 61.0 Å². The van der Waals surface area contributed by atoms with Gasteiger partial charge in [0.15, 0.2) is 0 Å². The molecule has 2 rings (SSSR count). The summed E-state index contributed by atoms with van der Waals surface area (Å²) in [6.07, 6.45) is 4.98. The quantitative estimate of drug-likeness (QED) is 0.863. The molecule has 0 aliphatic rings. The fraction of sp³-hybridized carbons (Fsp3) is 0.333. The Bertz CT molecular complexity index is 502. The molecule has 100 valence electrons. The average Bonchev–Trinajstić information content (AvgIpc) is 2.46. The third-order valence-electron chi connectivity index (χ3n) is 2.77. The molecule has 0 radical (unpaired) electrons. The zero-order valence-electron chi connectivity index (χ0n) is 11.1. The van der Waals surface area contributed by atoms with Crippen molar-refractivity contribution in [2.45, 2.75) is 25.8 Å². The normalized spacial score (nSPS) is 12.1. The van der Waals surface area contributed by atoms with Gasteiger partial charge in [-0.3, -0.25) is 4.98 Å². The molecule has 0 aliphatic carbocycles. The van der Waals surface area contributed by atoms with Crippen LogP contribution in [-0.2, 0) is 6.42 Å². The molecule has 1 aromatic heterocycles. The molecular formula is C15H19N3O. The lowest BCUT2D eigenvalue weighted by Crippen LogP contribution is -2.14. The number of ether oxygens (including phenoxy) is 1. The Balaban J connectivity index is 2.02. The number of rotatable bonds is 6. The molecule has 0 spiro atoms. The SMILES string of the molecule is CCCOc1cncc(CC(N)c2ccccc2)n1. The minimum Gasteiger partial charge on any atom is -0.477 e. The first-order chi connectivity index (χ1) is 9.29. The van der Waals surface area contributed by atoms with Crippen molar-refractivity contribution in [1.29, 1.82) is 0 Å². The molecule has 0 saturated heterocycles. The Morgan fingerprint density at radius 3 is 2.74 bits per heavy atom. The van der Waals surface area contributed by atoms with Gasteiger partial charge in [0, 0.05) is 18.7 Å². The molecule has 0 fully saturated rings. The van der Waals surface area contributed by atoms with Gasteiger partial charge in [0.25, 0.3) is 0 Å². The second-order valence-corrected chi connectivity index (χ2v) is 4.42. The van der Waals surface area contributed by atoms with Gasteiger partial charge in [-0.05, 0) is 12.0 Å².